The molecule has 0 fully saturated rings. The highest BCUT2D eigenvalue weighted by molar-refractivity contribution is 9.11. The van der Waals surface area contributed by atoms with Crippen LogP contribution in [-0.2, 0) is 0 Å². The molecule has 10 nitrogen and oxygen atoms in total. The molecule has 0 unspecified atom stereocenters. The Bertz CT molecular complexity index is 893. The van der Waals surface area contributed by atoms with Gasteiger partial charge in [-0.2, -0.15) is 0 Å². The van der Waals surface area contributed by atoms with Crippen LogP contribution >= 0.6 is 47.8 Å². The third-order valence-electron chi connectivity index (χ3n) is 3.31. The fourth-order valence-corrected chi connectivity index (χ4v) is 5.07. The van der Waals surface area contributed by atoms with Crippen LogP contribution in [0.15, 0.2) is 37.7 Å². The maximum Gasteiger partial charge on any atom is 0.306 e. The van der Waals surface area contributed by atoms with Crippen molar-refractivity contribution in [1.29, 1.82) is 0 Å². The summed E-state index contributed by atoms with van der Waals surface area (Å²) in [6.45, 7) is 0. The Morgan fingerprint density at radius 1 is 0.769 bits per heavy atom. The second-order valence-corrected chi connectivity index (χ2v) is 7.51. The molecule has 0 bridgehead atoms. The smallest absolute Gasteiger partial charge is 0.306 e. The molecule has 0 atom stereocenters. The largest absolute Gasteiger partial charge is 0.331 e. The molecule has 0 aliphatic heterocycles. The van der Waals surface area contributed by atoms with Crippen LogP contribution < -0.4 is 4.90 Å². The summed E-state index contributed by atoms with van der Waals surface area (Å²) >= 11 is 9.90. The van der Waals surface area contributed by atoms with E-state index >= 15 is 0 Å². The number of anilines is 2. The molecule has 2 rings (SSSR count). The lowest BCUT2D eigenvalue weighted by Crippen LogP contribution is -2.15. The van der Waals surface area contributed by atoms with E-state index in [1.165, 1.54) is 11.9 Å². The van der Waals surface area contributed by atoms with Crippen molar-refractivity contribution < 1.29 is 14.8 Å². The van der Waals surface area contributed by atoms with Crippen molar-refractivity contribution in [3.05, 3.63) is 68.0 Å². The Morgan fingerprint density at radius 3 is 1.54 bits per heavy atom. The molecule has 2 aromatic carbocycles. The van der Waals surface area contributed by atoms with Crippen LogP contribution in [0, 0.1) is 30.3 Å². The molecule has 0 heterocycles. The number of hydrogen-bond donors (Lipinski definition) is 0. The molecule has 0 aromatic heterocycles. The van der Waals surface area contributed by atoms with E-state index in [2.05, 4.69) is 47.8 Å². The number of benzene rings is 2. The van der Waals surface area contributed by atoms with Crippen LogP contribution in [0.4, 0.5) is 28.4 Å². The van der Waals surface area contributed by atoms with Gasteiger partial charge in [0.25, 0.3) is 5.69 Å². The van der Waals surface area contributed by atoms with Gasteiger partial charge in [0, 0.05) is 20.5 Å². The molecule has 136 valence electrons. The highest BCUT2D eigenvalue weighted by Crippen LogP contribution is 2.47. The Kier molecular flexibility index (Phi) is 5.93. The molecule has 26 heavy (non-hydrogen) atoms. The van der Waals surface area contributed by atoms with Crippen LogP contribution in [0.25, 0.3) is 0 Å². The predicted molar refractivity (Wildman–Crippen MR) is 104 cm³/mol. The van der Waals surface area contributed by atoms with E-state index in [-0.39, 0.29) is 5.69 Å². The van der Waals surface area contributed by atoms with Crippen LogP contribution in [0.3, 0.4) is 0 Å². The normalized spacial score (nSPS) is 10.5. The minimum absolute atomic E-state index is 0.369. The molecule has 0 saturated carbocycles. The first-order valence-corrected chi connectivity index (χ1v) is 8.92. The van der Waals surface area contributed by atoms with E-state index in [1.54, 1.807) is 12.1 Å². The zero-order chi connectivity index (χ0) is 19.8. The van der Waals surface area contributed by atoms with Gasteiger partial charge in [-0.25, -0.2) is 0 Å². The van der Waals surface area contributed by atoms with Gasteiger partial charge in [-0.15, -0.1) is 0 Å². The van der Waals surface area contributed by atoms with E-state index in [4.69, 9.17) is 0 Å². The average molecular weight is 555 g/mol. The summed E-state index contributed by atoms with van der Waals surface area (Å²) in [5.74, 6) is 0. The molecule has 0 radical (unpaired) electrons. The maximum absolute atomic E-state index is 11.4. The Hall–Kier alpha value is -2.12. The van der Waals surface area contributed by atoms with E-state index in [9.17, 15) is 30.3 Å². The highest BCUT2D eigenvalue weighted by Gasteiger charge is 2.34. The number of nitro groups is 3. The summed E-state index contributed by atoms with van der Waals surface area (Å²) in [6, 6.07) is 4.69. The Morgan fingerprint density at radius 2 is 1.19 bits per heavy atom. The predicted octanol–water partition coefficient (Wildman–Crippen LogP) is 5.47. The zero-order valence-corrected chi connectivity index (χ0v) is 17.4. The van der Waals surface area contributed by atoms with Crippen molar-refractivity contribution in [2.45, 2.75) is 0 Å². The number of nitro benzene ring substituents is 3. The lowest BCUT2D eigenvalue weighted by atomic mass is 10.1. The summed E-state index contributed by atoms with van der Waals surface area (Å²) in [5, 5.41) is 33.8. The van der Waals surface area contributed by atoms with Crippen molar-refractivity contribution in [3.63, 3.8) is 0 Å². The average Bonchev–Trinajstić information content (AvgIpc) is 2.52. The van der Waals surface area contributed by atoms with Crippen molar-refractivity contribution >= 4 is 76.2 Å². The van der Waals surface area contributed by atoms with Gasteiger partial charge in [-0.3, -0.25) is 30.3 Å². The molecule has 2 aromatic rings. The minimum Gasteiger partial charge on any atom is -0.331 e. The number of rotatable bonds is 5. The molecule has 13 heteroatoms. The topological polar surface area (TPSA) is 133 Å². The first-order chi connectivity index (χ1) is 12.0. The SMILES string of the molecule is CN(c1c(Br)cc(Br)cc1Br)c1c([N+](=O)[O-])cc([N+](=O)[O-])cc1[N+](=O)[O-]. The third kappa shape index (κ3) is 3.83. The first kappa shape index (κ1) is 20.2. The number of hydrogen-bond acceptors (Lipinski definition) is 7. The fourth-order valence-electron chi connectivity index (χ4n) is 2.28. The van der Waals surface area contributed by atoms with Crippen LogP contribution in [0.1, 0.15) is 0 Å². The highest BCUT2D eigenvalue weighted by atomic mass is 79.9. The number of halogens is 3. The van der Waals surface area contributed by atoms with Crippen molar-refractivity contribution in [2.24, 2.45) is 0 Å². The summed E-state index contributed by atoms with van der Waals surface area (Å²) in [6.07, 6.45) is 0. The summed E-state index contributed by atoms with van der Waals surface area (Å²) in [7, 11) is 1.39. The first-order valence-electron chi connectivity index (χ1n) is 6.54. The summed E-state index contributed by atoms with van der Waals surface area (Å²) in [4.78, 5) is 32.4. The van der Waals surface area contributed by atoms with Crippen LogP contribution in [0.5, 0.6) is 0 Å². The second kappa shape index (κ2) is 7.63. The third-order valence-corrected chi connectivity index (χ3v) is 4.98. The minimum atomic E-state index is -0.921. The quantitative estimate of drug-likeness (QED) is 0.353. The second-order valence-electron chi connectivity index (χ2n) is 4.88. The van der Waals surface area contributed by atoms with Gasteiger partial charge in [-0.05, 0) is 44.0 Å². The monoisotopic (exact) mass is 552 g/mol. The molecule has 0 aliphatic rings. The Balaban J connectivity index is 2.85. The van der Waals surface area contributed by atoms with Crippen molar-refractivity contribution in [1.82, 2.24) is 0 Å². The molecular weight excluding hydrogens is 548 g/mol. The van der Waals surface area contributed by atoms with Gasteiger partial charge in [0.2, 0.25) is 0 Å². The summed E-state index contributed by atoms with van der Waals surface area (Å²) < 4.78 is 1.67. The summed E-state index contributed by atoms with van der Waals surface area (Å²) in [5.41, 5.74) is -2.26. The molecule has 0 spiro atoms. The van der Waals surface area contributed by atoms with Gasteiger partial charge in [0.05, 0.1) is 32.6 Å². The van der Waals surface area contributed by atoms with Crippen molar-refractivity contribution in [2.75, 3.05) is 11.9 Å². The van der Waals surface area contributed by atoms with Gasteiger partial charge in [0.1, 0.15) is 0 Å². The van der Waals surface area contributed by atoms with Crippen LogP contribution in [-0.4, -0.2) is 21.8 Å². The molecule has 0 aliphatic carbocycles. The molecule has 0 amide bonds. The van der Waals surface area contributed by atoms with Gasteiger partial charge in [0.15, 0.2) is 5.69 Å². The van der Waals surface area contributed by atoms with Gasteiger partial charge >= 0.3 is 11.4 Å². The van der Waals surface area contributed by atoms with E-state index in [1.807, 2.05) is 0 Å². The molecule has 0 N–H and O–H groups in total. The fraction of sp³-hybridized carbons (Fsp3) is 0.0769. The lowest BCUT2D eigenvalue weighted by molar-refractivity contribution is -0.402. The van der Waals surface area contributed by atoms with Crippen LogP contribution in [0.2, 0.25) is 0 Å². The van der Waals surface area contributed by atoms with E-state index in [0.717, 1.165) is 0 Å². The number of non-ortho nitro benzene ring substituents is 1. The zero-order valence-electron chi connectivity index (χ0n) is 12.7. The maximum atomic E-state index is 11.4. The lowest BCUT2D eigenvalue weighted by Gasteiger charge is -2.22. The van der Waals surface area contributed by atoms with Crippen molar-refractivity contribution in [3.8, 4) is 0 Å². The van der Waals surface area contributed by atoms with Gasteiger partial charge in [-0.1, -0.05) is 15.9 Å². The molecule has 0 saturated heterocycles. The van der Waals surface area contributed by atoms with Gasteiger partial charge < -0.3 is 4.90 Å². The molecular formula is C13H7Br3N4O6. The number of nitrogens with zero attached hydrogens (tertiary/aromatic N) is 4. The Labute approximate surface area is 170 Å². The van der Waals surface area contributed by atoms with E-state index in [0.29, 0.717) is 31.2 Å². The van der Waals surface area contributed by atoms with E-state index < -0.39 is 31.8 Å². The standard InChI is InChI=1S/C13H7Br3N4O6/c1-17(12-8(15)2-6(14)3-9(12)16)13-10(19(23)24)4-7(18(21)22)5-11(13)20(25)26/h2-5H,1H3.